The zero-order valence-corrected chi connectivity index (χ0v) is 9.84. The molecule has 0 radical (unpaired) electrons. The number of nitrogens with zero attached hydrogens (tertiary/aromatic N) is 2. The first-order valence-corrected chi connectivity index (χ1v) is 6.11. The number of hydrogen-bond acceptors (Lipinski definition) is 2. The summed E-state index contributed by atoms with van der Waals surface area (Å²) < 4.78 is 0. The second kappa shape index (κ2) is 11.1. The van der Waals surface area contributed by atoms with Crippen molar-refractivity contribution in [1.29, 1.82) is 10.5 Å². The minimum absolute atomic E-state index is 0.403. The van der Waals surface area contributed by atoms with E-state index < -0.39 is 0 Å². The van der Waals surface area contributed by atoms with Crippen molar-refractivity contribution in [3.05, 3.63) is 0 Å². The molecule has 0 aromatic rings. The van der Waals surface area contributed by atoms with Crippen LogP contribution in [-0.4, -0.2) is 0 Å². The normalized spacial score (nSPS) is 14.9. The van der Waals surface area contributed by atoms with Crippen LogP contribution in [0.15, 0.2) is 0 Å². The Morgan fingerprint density at radius 1 is 1.07 bits per heavy atom. The molecule has 0 unspecified atom stereocenters. The molecule has 2 heteroatoms. The molecule has 0 aliphatic heterocycles. The topological polar surface area (TPSA) is 47.6 Å². The van der Waals surface area contributed by atoms with Gasteiger partial charge in [0.2, 0.25) is 0 Å². The second-order valence-electron chi connectivity index (χ2n) is 4.08. The highest BCUT2D eigenvalue weighted by Gasteiger charge is 2.12. The van der Waals surface area contributed by atoms with Crippen LogP contribution in [0.4, 0.5) is 0 Å². The van der Waals surface area contributed by atoms with Gasteiger partial charge in [0.1, 0.15) is 0 Å². The van der Waals surface area contributed by atoms with E-state index >= 15 is 0 Å². The first-order valence-electron chi connectivity index (χ1n) is 6.11. The Labute approximate surface area is 93.9 Å². The van der Waals surface area contributed by atoms with Crippen molar-refractivity contribution in [3.63, 3.8) is 0 Å². The van der Waals surface area contributed by atoms with Crippen LogP contribution in [0.25, 0.3) is 0 Å². The van der Waals surface area contributed by atoms with Gasteiger partial charge in [-0.15, -0.1) is 0 Å². The van der Waals surface area contributed by atoms with E-state index in [0.717, 1.165) is 25.7 Å². The molecule has 1 aliphatic carbocycles. The van der Waals surface area contributed by atoms with Crippen molar-refractivity contribution in [2.75, 3.05) is 0 Å². The third-order valence-electron chi connectivity index (χ3n) is 2.68. The molecule has 15 heavy (non-hydrogen) atoms. The summed E-state index contributed by atoms with van der Waals surface area (Å²) in [5.74, 6) is 0.403. The summed E-state index contributed by atoms with van der Waals surface area (Å²) >= 11 is 0. The average Bonchev–Trinajstić information content (AvgIpc) is 2.78. The van der Waals surface area contributed by atoms with Crippen LogP contribution < -0.4 is 0 Å². The first-order chi connectivity index (χ1) is 7.35. The lowest BCUT2D eigenvalue weighted by Crippen LogP contribution is -1.83. The van der Waals surface area contributed by atoms with Gasteiger partial charge >= 0.3 is 0 Å². The summed E-state index contributed by atoms with van der Waals surface area (Å²) in [6, 6.07) is 4.39. The van der Waals surface area contributed by atoms with Gasteiger partial charge in [-0.3, -0.25) is 0 Å². The Balaban J connectivity index is 0.000000262. The van der Waals surface area contributed by atoms with Gasteiger partial charge in [-0.25, -0.2) is 0 Å². The van der Waals surface area contributed by atoms with Gasteiger partial charge in [0.05, 0.1) is 12.1 Å². The maximum atomic E-state index is 8.32. The molecule has 0 heterocycles. The SMILES string of the molecule is CCCCCCC#N.N#CC1CCCC1. The monoisotopic (exact) mass is 206 g/mol. The van der Waals surface area contributed by atoms with Crippen LogP contribution in [0.5, 0.6) is 0 Å². The van der Waals surface area contributed by atoms with Crippen LogP contribution in [0.2, 0.25) is 0 Å². The van der Waals surface area contributed by atoms with E-state index in [9.17, 15) is 0 Å². The summed E-state index contributed by atoms with van der Waals surface area (Å²) in [6.07, 6.45) is 10.4. The fourth-order valence-corrected chi connectivity index (χ4v) is 1.69. The standard InChI is InChI=1S/C7H13N.C6H9N/c1-2-3-4-5-6-7-8;7-5-6-3-1-2-4-6/h2-6H2,1H3;6H,1-4H2. The quantitative estimate of drug-likeness (QED) is 0.648. The summed E-state index contributed by atoms with van der Waals surface area (Å²) in [5.41, 5.74) is 0. The highest BCUT2D eigenvalue weighted by atomic mass is 14.3. The molecule has 1 saturated carbocycles. The number of unbranched alkanes of at least 4 members (excludes halogenated alkanes) is 4. The van der Waals surface area contributed by atoms with Gasteiger partial charge in [-0.1, -0.05) is 39.0 Å². The lowest BCUT2D eigenvalue weighted by Gasteiger charge is -1.89. The number of nitriles is 2. The lowest BCUT2D eigenvalue weighted by atomic mass is 10.1. The van der Waals surface area contributed by atoms with Crippen molar-refractivity contribution < 1.29 is 0 Å². The maximum absolute atomic E-state index is 8.32. The fourth-order valence-electron chi connectivity index (χ4n) is 1.69. The third kappa shape index (κ3) is 9.29. The zero-order valence-electron chi connectivity index (χ0n) is 9.84. The molecule has 2 nitrogen and oxygen atoms in total. The Bertz CT molecular complexity index is 204. The van der Waals surface area contributed by atoms with Crippen molar-refractivity contribution in [2.45, 2.75) is 64.7 Å². The number of rotatable bonds is 4. The van der Waals surface area contributed by atoms with E-state index in [1.165, 1.54) is 32.1 Å². The summed E-state index contributed by atoms with van der Waals surface area (Å²) in [4.78, 5) is 0. The largest absolute Gasteiger partial charge is 0.198 e. The summed E-state index contributed by atoms with van der Waals surface area (Å²) in [6.45, 7) is 2.17. The Morgan fingerprint density at radius 2 is 1.73 bits per heavy atom. The Morgan fingerprint density at radius 3 is 2.13 bits per heavy atom. The molecule has 1 aliphatic rings. The highest BCUT2D eigenvalue weighted by molar-refractivity contribution is 4.85. The second-order valence-corrected chi connectivity index (χ2v) is 4.08. The fraction of sp³-hybridized carbons (Fsp3) is 0.846. The molecule has 1 fully saturated rings. The van der Waals surface area contributed by atoms with Crippen molar-refractivity contribution in [3.8, 4) is 12.1 Å². The molecule has 0 spiro atoms. The highest BCUT2D eigenvalue weighted by Crippen LogP contribution is 2.23. The van der Waals surface area contributed by atoms with Crippen molar-refractivity contribution in [2.24, 2.45) is 5.92 Å². The smallest absolute Gasteiger partial charge is 0.0655 e. The summed E-state index contributed by atoms with van der Waals surface area (Å²) in [7, 11) is 0. The molecule has 0 N–H and O–H groups in total. The summed E-state index contributed by atoms with van der Waals surface area (Å²) in [5, 5.41) is 16.4. The molecule has 0 aromatic carbocycles. The van der Waals surface area contributed by atoms with Crippen LogP contribution in [0.3, 0.4) is 0 Å². The van der Waals surface area contributed by atoms with Gasteiger partial charge in [0, 0.05) is 12.3 Å². The molecular weight excluding hydrogens is 184 g/mol. The Hall–Kier alpha value is -1.02. The molecule has 0 bridgehead atoms. The average molecular weight is 206 g/mol. The predicted octanol–water partition coefficient (Wildman–Crippen LogP) is 4.18. The van der Waals surface area contributed by atoms with Crippen molar-refractivity contribution in [1.82, 2.24) is 0 Å². The van der Waals surface area contributed by atoms with Gasteiger partial charge in [0.15, 0.2) is 0 Å². The molecule has 0 amide bonds. The van der Waals surface area contributed by atoms with Crippen LogP contribution in [0.1, 0.15) is 64.7 Å². The van der Waals surface area contributed by atoms with E-state index in [4.69, 9.17) is 10.5 Å². The Kier molecular flexibility index (Phi) is 10.3. The molecule has 84 valence electrons. The zero-order chi connectivity index (χ0) is 11.4. The molecule has 0 aromatic heterocycles. The molecule has 0 atom stereocenters. The maximum Gasteiger partial charge on any atom is 0.0655 e. The van der Waals surface area contributed by atoms with Gasteiger partial charge in [-0.2, -0.15) is 10.5 Å². The first kappa shape index (κ1) is 14.0. The van der Waals surface area contributed by atoms with E-state index in [1.54, 1.807) is 0 Å². The van der Waals surface area contributed by atoms with E-state index in [1.807, 2.05) is 0 Å². The van der Waals surface area contributed by atoms with Crippen LogP contribution in [-0.2, 0) is 0 Å². The predicted molar refractivity (Wildman–Crippen MR) is 61.9 cm³/mol. The third-order valence-corrected chi connectivity index (χ3v) is 2.68. The van der Waals surface area contributed by atoms with Crippen molar-refractivity contribution >= 4 is 0 Å². The lowest BCUT2D eigenvalue weighted by molar-refractivity contribution is 0.678. The molecule has 1 rings (SSSR count). The van der Waals surface area contributed by atoms with Gasteiger partial charge in [-0.05, 0) is 19.3 Å². The van der Waals surface area contributed by atoms with Crippen LogP contribution >= 0.6 is 0 Å². The minimum atomic E-state index is 0.403. The van der Waals surface area contributed by atoms with Crippen LogP contribution in [0, 0.1) is 28.6 Å². The van der Waals surface area contributed by atoms with E-state index in [2.05, 4.69) is 19.1 Å². The minimum Gasteiger partial charge on any atom is -0.198 e. The van der Waals surface area contributed by atoms with E-state index in [0.29, 0.717) is 5.92 Å². The molecule has 0 saturated heterocycles. The van der Waals surface area contributed by atoms with Gasteiger partial charge in [0.25, 0.3) is 0 Å². The van der Waals surface area contributed by atoms with E-state index in [-0.39, 0.29) is 0 Å². The number of hydrogen-bond donors (Lipinski definition) is 0. The molecular formula is C13H22N2. The van der Waals surface area contributed by atoms with Gasteiger partial charge < -0.3 is 0 Å².